The number of hydrogen-bond acceptors (Lipinski definition) is 3. The van der Waals surface area contributed by atoms with E-state index in [1.54, 1.807) is 0 Å². The lowest BCUT2D eigenvalue weighted by Crippen LogP contribution is -2.61. The van der Waals surface area contributed by atoms with Gasteiger partial charge in [0, 0.05) is 66.9 Å². The molecule has 0 spiro atoms. The van der Waals surface area contributed by atoms with E-state index in [0.29, 0.717) is 0 Å². The summed E-state index contributed by atoms with van der Waals surface area (Å²) >= 11 is 0. The highest BCUT2D eigenvalue weighted by Crippen LogP contribution is 2.55. The Labute approximate surface area is 407 Å². The molecular weight excluding hydrogens is 838 g/mol. The molecule has 0 bridgehead atoms. The monoisotopic (exact) mass is 897 g/mol. The van der Waals surface area contributed by atoms with Crippen LogP contribution in [0.15, 0.2) is 151 Å². The van der Waals surface area contributed by atoms with Crippen LogP contribution in [0.4, 0.5) is 34.1 Å². The van der Waals surface area contributed by atoms with Gasteiger partial charge in [0.05, 0.1) is 11.1 Å². The third-order valence-corrected chi connectivity index (χ3v) is 15.6. The van der Waals surface area contributed by atoms with Crippen molar-refractivity contribution in [1.29, 1.82) is 0 Å². The van der Waals surface area contributed by atoms with Crippen molar-refractivity contribution >= 4 is 91.2 Å². The number of para-hydroxylation sites is 2. The number of hydrogen-bond donors (Lipinski definition) is 0. The molecule has 5 heteroatoms. The van der Waals surface area contributed by atoms with Crippen LogP contribution in [0, 0.1) is 13.8 Å². The van der Waals surface area contributed by atoms with Crippen molar-refractivity contribution in [3.63, 3.8) is 0 Å². The zero-order valence-corrected chi connectivity index (χ0v) is 42.0. The summed E-state index contributed by atoms with van der Waals surface area (Å²) in [6.07, 6.45) is 6.07. The van der Waals surface area contributed by atoms with Crippen LogP contribution in [-0.4, -0.2) is 11.3 Å². The number of furan rings is 1. The van der Waals surface area contributed by atoms with E-state index in [2.05, 4.69) is 243 Å². The van der Waals surface area contributed by atoms with Gasteiger partial charge in [-0.15, -0.1) is 0 Å². The van der Waals surface area contributed by atoms with E-state index < -0.39 is 0 Å². The van der Waals surface area contributed by atoms with Gasteiger partial charge in [-0.05, 0) is 142 Å². The first-order chi connectivity index (χ1) is 33.0. The number of allylic oxidation sites excluding steroid dienone is 1. The molecule has 3 aliphatic rings. The Bertz CT molecular complexity index is 3760. The molecule has 0 atom stereocenters. The number of anilines is 6. The Hall–Kier alpha value is -7.24. The Morgan fingerprint density at radius 1 is 0.667 bits per heavy atom. The van der Waals surface area contributed by atoms with Crippen LogP contribution >= 0.6 is 0 Å². The quantitative estimate of drug-likeness (QED) is 0.161. The SMILES string of the molecule is C=C/C=c1\c(=C/C)oc2cccc(N3c4cc(N(c5ccccc5C)c5ccccc5C)ccc4B4c5c3cc(C(C)(C)C)cc5-n3c5c(c6cc(C(C)(C)C)cc4c63)-c3ccccc3C5(C)C)c12. The zero-order chi connectivity index (χ0) is 48.1. The highest BCUT2D eigenvalue weighted by Gasteiger charge is 2.48. The molecule has 2 aliphatic heterocycles. The number of aryl methyl sites for hydroxylation is 2. The summed E-state index contributed by atoms with van der Waals surface area (Å²) in [5.41, 5.74) is 25.2. The second-order valence-corrected chi connectivity index (χ2v) is 22.3. The van der Waals surface area contributed by atoms with Crippen LogP contribution in [0.2, 0.25) is 0 Å². The number of fused-ring (bicyclic) bond motifs is 10. The Morgan fingerprint density at radius 3 is 1.99 bits per heavy atom. The highest BCUT2D eigenvalue weighted by atomic mass is 16.3. The summed E-state index contributed by atoms with van der Waals surface area (Å²) in [6, 6.07) is 50.7. The molecule has 4 nitrogen and oxygen atoms in total. The number of aromatic nitrogens is 1. The van der Waals surface area contributed by atoms with Gasteiger partial charge in [0.1, 0.15) is 11.0 Å². The molecule has 0 saturated heterocycles. The fraction of sp³-hybridized carbons (Fsp3) is 0.219. The van der Waals surface area contributed by atoms with Gasteiger partial charge in [0.15, 0.2) is 0 Å². The smallest absolute Gasteiger partial charge is 0.252 e. The maximum Gasteiger partial charge on any atom is 0.252 e. The normalized spacial score (nSPS) is 14.9. The second kappa shape index (κ2) is 14.9. The summed E-state index contributed by atoms with van der Waals surface area (Å²) < 4.78 is 9.43. The predicted octanol–water partition coefficient (Wildman–Crippen LogP) is 13.7. The van der Waals surface area contributed by atoms with E-state index in [0.717, 1.165) is 50.0 Å². The molecule has 0 fully saturated rings. The van der Waals surface area contributed by atoms with E-state index in [1.807, 2.05) is 6.08 Å². The number of rotatable bonds is 5. The van der Waals surface area contributed by atoms with Gasteiger partial charge in [-0.2, -0.15) is 0 Å². The molecule has 4 heterocycles. The summed E-state index contributed by atoms with van der Waals surface area (Å²) in [6.45, 7) is 29.7. The molecule has 0 unspecified atom stereocenters. The first-order valence-electron chi connectivity index (χ1n) is 24.7. The van der Waals surface area contributed by atoms with Crippen LogP contribution in [0.1, 0.15) is 95.8 Å². The van der Waals surface area contributed by atoms with Crippen LogP contribution in [0.25, 0.3) is 50.8 Å². The number of benzene rings is 7. The van der Waals surface area contributed by atoms with Gasteiger partial charge in [-0.25, -0.2) is 0 Å². The van der Waals surface area contributed by atoms with Gasteiger partial charge in [-0.1, -0.05) is 153 Å². The lowest BCUT2D eigenvalue weighted by atomic mass is 9.33. The third kappa shape index (κ3) is 6.08. The Morgan fingerprint density at radius 2 is 1.32 bits per heavy atom. The molecule has 1 aliphatic carbocycles. The van der Waals surface area contributed by atoms with E-state index in [-0.39, 0.29) is 23.0 Å². The van der Waals surface area contributed by atoms with Crippen LogP contribution < -0.4 is 36.8 Å². The van der Waals surface area contributed by atoms with Crippen molar-refractivity contribution in [1.82, 2.24) is 4.57 Å². The van der Waals surface area contributed by atoms with Crippen molar-refractivity contribution < 1.29 is 4.42 Å². The molecule has 69 heavy (non-hydrogen) atoms. The van der Waals surface area contributed by atoms with Crippen molar-refractivity contribution in [2.24, 2.45) is 0 Å². The largest absolute Gasteiger partial charge is 0.456 e. The van der Waals surface area contributed by atoms with Crippen LogP contribution in [0.5, 0.6) is 0 Å². The average molecular weight is 898 g/mol. The van der Waals surface area contributed by atoms with E-state index in [9.17, 15) is 0 Å². The van der Waals surface area contributed by atoms with Gasteiger partial charge in [-0.3, -0.25) is 0 Å². The summed E-state index contributed by atoms with van der Waals surface area (Å²) in [5.74, 6) is 0. The maximum atomic E-state index is 6.72. The van der Waals surface area contributed by atoms with Crippen molar-refractivity contribution in [3.8, 4) is 16.8 Å². The summed E-state index contributed by atoms with van der Waals surface area (Å²) in [4.78, 5) is 5.05. The molecule has 340 valence electrons. The molecule has 0 N–H and O–H groups in total. The number of nitrogens with zero attached hydrogens (tertiary/aromatic N) is 3. The van der Waals surface area contributed by atoms with Gasteiger partial charge in [0.25, 0.3) is 6.71 Å². The molecule has 0 amide bonds. The molecule has 0 saturated carbocycles. The van der Waals surface area contributed by atoms with Crippen LogP contribution in [0.3, 0.4) is 0 Å². The van der Waals surface area contributed by atoms with E-state index in [4.69, 9.17) is 4.42 Å². The van der Waals surface area contributed by atoms with Gasteiger partial charge in [0.2, 0.25) is 0 Å². The summed E-state index contributed by atoms with van der Waals surface area (Å²) in [7, 11) is 0. The second-order valence-electron chi connectivity index (χ2n) is 22.3. The fourth-order valence-electron chi connectivity index (χ4n) is 12.2. The van der Waals surface area contributed by atoms with E-state index in [1.165, 1.54) is 83.3 Å². The lowest BCUT2D eigenvalue weighted by molar-refractivity contribution is 0.575. The average Bonchev–Trinajstić information content (AvgIpc) is 3.94. The minimum absolute atomic E-state index is 0.0531. The molecule has 0 radical (unpaired) electrons. The first-order valence-corrected chi connectivity index (χ1v) is 24.7. The molecule has 9 aromatic rings. The minimum Gasteiger partial charge on any atom is -0.456 e. The van der Waals surface area contributed by atoms with Crippen LogP contribution in [-0.2, 0) is 16.2 Å². The Kier molecular flexibility index (Phi) is 9.29. The minimum atomic E-state index is -0.248. The molecular formula is C64H60BN3O. The maximum absolute atomic E-state index is 6.72. The van der Waals surface area contributed by atoms with Crippen molar-refractivity contribution in [2.45, 2.75) is 92.4 Å². The third-order valence-electron chi connectivity index (χ3n) is 15.6. The topological polar surface area (TPSA) is 24.6 Å². The zero-order valence-electron chi connectivity index (χ0n) is 42.0. The molecule has 7 aromatic carbocycles. The first kappa shape index (κ1) is 43.1. The van der Waals surface area contributed by atoms with Gasteiger partial charge >= 0.3 is 0 Å². The molecule has 2 aromatic heterocycles. The standard InChI is InChI=1S/C64H60BN3O/c1-13-22-44-55(14-2)69-56-30-21-29-51(58(44)56)67-52-37-42(66(49-27-19-15-23-38(49)3)50-28-20-16-24-39(50)4)31-32-47(52)65-48-34-40(62(5,6)7)33-45-57-43-25-17-18-26-46(43)64(11,12)61(57)68(60(45)48)54-36-41(63(8,9)10)35-53(67)59(54)65/h13-37H,1H2,2-12H3/b44-22+,55-14+. The fourth-order valence-corrected chi connectivity index (χ4v) is 12.2. The summed E-state index contributed by atoms with van der Waals surface area (Å²) in [5, 5.41) is 3.45. The Balaban J connectivity index is 1.28. The van der Waals surface area contributed by atoms with Crippen molar-refractivity contribution in [3.05, 3.63) is 190 Å². The van der Waals surface area contributed by atoms with E-state index >= 15 is 0 Å². The van der Waals surface area contributed by atoms with Gasteiger partial charge < -0.3 is 18.8 Å². The lowest BCUT2D eigenvalue weighted by Gasteiger charge is -2.43. The molecule has 12 rings (SSSR count). The highest BCUT2D eigenvalue weighted by molar-refractivity contribution is 7.00. The van der Waals surface area contributed by atoms with Crippen molar-refractivity contribution in [2.75, 3.05) is 9.80 Å². The predicted molar refractivity (Wildman–Crippen MR) is 296 cm³/mol.